The molecular weight excluding hydrogens is 220 g/mol. The molecule has 0 amide bonds. The third-order valence-corrected chi connectivity index (χ3v) is 2.23. The number of aliphatic carboxylic acids is 1. The Bertz CT molecular complexity index is 362. The first-order chi connectivity index (χ1) is 8.19. The molecule has 0 aliphatic rings. The van der Waals surface area contributed by atoms with Crippen LogP contribution in [0.15, 0.2) is 24.3 Å². The second-order valence-electron chi connectivity index (χ2n) is 3.65. The molecule has 1 N–H and O–H groups in total. The maximum Gasteiger partial charge on any atom is 0.344 e. The van der Waals surface area contributed by atoms with Gasteiger partial charge in [-0.05, 0) is 25.0 Å². The van der Waals surface area contributed by atoms with Gasteiger partial charge in [0.25, 0.3) is 0 Å². The molecule has 0 radical (unpaired) electrons. The summed E-state index contributed by atoms with van der Waals surface area (Å²) >= 11 is 0. The van der Waals surface area contributed by atoms with Gasteiger partial charge in [0.1, 0.15) is 0 Å². The molecule has 1 unspecified atom stereocenters. The Labute approximate surface area is 101 Å². The molecule has 1 rings (SSSR count). The summed E-state index contributed by atoms with van der Waals surface area (Å²) in [6, 6.07) is 7.12. The highest BCUT2D eigenvalue weighted by molar-refractivity contribution is 5.72. The molecule has 0 spiro atoms. The zero-order chi connectivity index (χ0) is 12.7. The summed E-state index contributed by atoms with van der Waals surface area (Å²) in [5.74, 6) is 0.113. The number of hydrogen-bond donors (Lipinski definition) is 1. The standard InChI is InChI=1S/C13H18O4/c1-3-9-16-11-7-5-6-8-12(11)17-10(4-2)13(14)15/h5-8,10H,3-4,9H2,1-2H3,(H,14,15). The van der Waals surface area contributed by atoms with Gasteiger partial charge in [-0.2, -0.15) is 0 Å². The maximum absolute atomic E-state index is 10.9. The summed E-state index contributed by atoms with van der Waals surface area (Å²) in [6.07, 6.45) is 0.475. The third kappa shape index (κ3) is 3.98. The second kappa shape index (κ2) is 6.78. The lowest BCUT2D eigenvalue weighted by atomic mass is 10.2. The van der Waals surface area contributed by atoms with Crippen LogP contribution in [0.4, 0.5) is 0 Å². The van der Waals surface area contributed by atoms with E-state index in [0.717, 1.165) is 6.42 Å². The van der Waals surface area contributed by atoms with Crippen molar-refractivity contribution in [3.63, 3.8) is 0 Å². The van der Waals surface area contributed by atoms with Crippen LogP contribution in [0.2, 0.25) is 0 Å². The van der Waals surface area contributed by atoms with Crippen molar-refractivity contribution >= 4 is 5.97 Å². The Balaban J connectivity index is 2.78. The van der Waals surface area contributed by atoms with Crippen LogP contribution >= 0.6 is 0 Å². The fourth-order valence-electron chi connectivity index (χ4n) is 1.34. The van der Waals surface area contributed by atoms with Gasteiger partial charge in [0.15, 0.2) is 17.6 Å². The fourth-order valence-corrected chi connectivity index (χ4v) is 1.34. The zero-order valence-electron chi connectivity index (χ0n) is 10.2. The molecule has 1 aromatic rings. The molecule has 0 aliphatic heterocycles. The summed E-state index contributed by atoms with van der Waals surface area (Å²) in [5.41, 5.74) is 0. The average molecular weight is 238 g/mol. The number of benzene rings is 1. The van der Waals surface area contributed by atoms with Crippen LogP contribution in [0.3, 0.4) is 0 Å². The second-order valence-corrected chi connectivity index (χ2v) is 3.65. The van der Waals surface area contributed by atoms with Gasteiger partial charge in [0, 0.05) is 0 Å². The van der Waals surface area contributed by atoms with Crippen molar-refractivity contribution in [3.05, 3.63) is 24.3 Å². The smallest absolute Gasteiger partial charge is 0.344 e. The first-order valence-electron chi connectivity index (χ1n) is 5.80. The molecule has 0 heterocycles. The van der Waals surface area contributed by atoms with Crippen molar-refractivity contribution in [2.75, 3.05) is 6.61 Å². The van der Waals surface area contributed by atoms with Gasteiger partial charge in [0.2, 0.25) is 0 Å². The maximum atomic E-state index is 10.9. The number of carbonyl (C=O) groups is 1. The van der Waals surface area contributed by atoms with Gasteiger partial charge in [-0.25, -0.2) is 4.79 Å². The minimum atomic E-state index is -0.960. The van der Waals surface area contributed by atoms with Crippen LogP contribution in [0.1, 0.15) is 26.7 Å². The molecule has 0 saturated carbocycles. The molecule has 17 heavy (non-hydrogen) atoms. The number of rotatable bonds is 7. The highest BCUT2D eigenvalue weighted by Crippen LogP contribution is 2.28. The Hall–Kier alpha value is -1.71. The fraction of sp³-hybridized carbons (Fsp3) is 0.462. The predicted molar refractivity (Wildman–Crippen MR) is 64.6 cm³/mol. The van der Waals surface area contributed by atoms with Crippen molar-refractivity contribution in [2.45, 2.75) is 32.8 Å². The monoisotopic (exact) mass is 238 g/mol. The molecule has 4 heteroatoms. The van der Waals surface area contributed by atoms with E-state index in [1.54, 1.807) is 25.1 Å². The lowest BCUT2D eigenvalue weighted by molar-refractivity contribution is -0.145. The predicted octanol–water partition coefficient (Wildman–Crippen LogP) is 2.72. The lowest BCUT2D eigenvalue weighted by Crippen LogP contribution is -2.26. The third-order valence-electron chi connectivity index (χ3n) is 2.23. The van der Waals surface area contributed by atoms with Crippen LogP contribution in [0.25, 0.3) is 0 Å². The van der Waals surface area contributed by atoms with Crippen LogP contribution < -0.4 is 9.47 Å². The highest BCUT2D eigenvalue weighted by atomic mass is 16.5. The summed E-state index contributed by atoms with van der Waals surface area (Å²) in [7, 11) is 0. The number of carboxylic acid groups (broad SMARTS) is 1. The van der Waals surface area contributed by atoms with Gasteiger partial charge in [-0.3, -0.25) is 0 Å². The first kappa shape index (κ1) is 13.4. The van der Waals surface area contributed by atoms with Gasteiger partial charge in [-0.15, -0.1) is 0 Å². The van der Waals surface area contributed by atoms with Crippen molar-refractivity contribution in [2.24, 2.45) is 0 Å². The normalized spacial score (nSPS) is 11.9. The van der Waals surface area contributed by atoms with E-state index in [4.69, 9.17) is 14.6 Å². The van der Waals surface area contributed by atoms with Crippen molar-refractivity contribution in [1.82, 2.24) is 0 Å². The van der Waals surface area contributed by atoms with Gasteiger partial charge in [-0.1, -0.05) is 26.0 Å². The van der Waals surface area contributed by atoms with Crippen molar-refractivity contribution in [1.29, 1.82) is 0 Å². The quantitative estimate of drug-likeness (QED) is 0.793. The summed E-state index contributed by atoms with van der Waals surface area (Å²) in [6.45, 7) is 4.37. The van der Waals surface area contributed by atoms with Gasteiger partial charge in [0.05, 0.1) is 6.61 Å². The van der Waals surface area contributed by atoms with Crippen molar-refractivity contribution < 1.29 is 19.4 Å². The van der Waals surface area contributed by atoms with E-state index in [2.05, 4.69) is 0 Å². The minimum absolute atomic E-state index is 0.414. The van der Waals surface area contributed by atoms with Crippen molar-refractivity contribution in [3.8, 4) is 11.5 Å². The molecule has 0 fully saturated rings. The number of hydrogen-bond acceptors (Lipinski definition) is 3. The molecule has 0 saturated heterocycles. The molecular formula is C13H18O4. The Morgan fingerprint density at radius 3 is 2.47 bits per heavy atom. The average Bonchev–Trinajstić information content (AvgIpc) is 2.34. The molecule has 0 aromatic heterocycles. The van der Waals surface area contributed by atoms with Gasteiger partial charge >= 0.3 is 5.97 Å². The summed E-state index contributed by atoms with van der Waals surface area (Å²) in [5, 5.41) is 8.94. The van der Waals surface area contributed by atoms with E-state index in [9.17, 15) is 4.79 Å². The Kier molecular flexibility index (Phi) is 5.33. The number of para-hydroxylation sites is 2. The lowest BCUT2D eigenvalue weighted by Gasteiger charge is -2.16. The largest absolute Gasteiger partial charge is 0.490 e. The topological polar surface area (TPSA) is 55.8 Å². The molecule has 0 aliphatic carbocycles. The molecule has 1 aromatic carbocycles. The van der Waals surface area contributed by atoms with Crippen LogP contribution in [0.5, 0.6) is 11.5 Å². The molecule has 1 atom stereocenters. The van der Waals surface area contributed by atoms with E-state index in [1.807, 2.05) is 13.0 Å². The summed E-state index contributed by atoms with van der Waals surface area (Å²) < 4.78 is 10.9. The number of ether oxygens (including phenoxy) is 2. The van der Waals surface area contributed by atoms with E-state index in [1.165, 1.54) is 0 Å². The molecule has 94 valence electrons. The Morgan fingerprint density at radius 2 is 1.94 bits per heavy atom. The molecule has 4 nitrogen and oxygen atoms in total. The van der Waals surface area contributed by atoms with Gasteiger partial charge < -0.3 is 14.6 Å². The Morgan fingerprint density at radius 1 is 1.29 bits per heavy atom. The minimum Gasteiger partial charge on any atom is -0.490 e. The van der Waals surface area contributed by atoms with Crippen LogP contribution in [-0.2, 0) is 4.79 Å². The van der Waals surface area contributed by atoms with Crippen LogP contribution in [0, 0.1) is 0 Å². The van der Waals surface area contributed by atoms with E-state index in [-0.39, 0.29) is 0 Å². The van der Waals surface area contributed by atoms with Crippen LogP contribution in [-0.4, -0.2) is 23.8 Å². The summed E-state index contributed by atoms with van der Waals surface area (Å²) in [4.78, 5) is 10.9. The first-order valence-corrected chi connectivity index (χ1v) is 5.80. The highest BCUT2D eigenvalue weighted by Gasteiger charge is 2.18. The SMILES string of the molecule is CCCOc1ccccc1OC(CC)C(=O)O. The number of carboxylic acids is 1. The zero-order valence-corrected chi connectivity index (χ0v) is 10.2. The van der Waals surface area contributed by atoms with E-state index >= 15 is 0 Å². The van der Waals surface area contributed by atoms with E-state index in [0.29, 0.717) is 24.5 Å². The van der Waals surface area contributed by atoms with E-state index < -0.39 is 12.1 Å². The molecule has 0 bridgehead atoms.